The number of carbonyl (C=O) groups excluding carboxylic acids is 3. The summed E-state index contributed by atoms with van der Waals surface area (Å²) in [6, 6.07) is 8.60. The van der Waals surface area contributed by atoms with E-state index in [0.29, 0.717) is 31.5 Å². The maximum absolute atomic E-state index is 13.5. The van der Waals surface area contributed by atoms with Crippen molar-refractivity contribution in [3.8, 4) is 0 Å². The second-order valence-electron chi connectivity index (χ2n) is 9.64. The quantitative estimate of drug-likeness (QED) is 0.824. The third kappa shape index (κ3) is 3.95. The highest BCUT2D eigenvalue weighted by atomic mass is 16.5. The van der Waals surface area contributed by atoms with Crippen LogP contribution in [-0.2, 0) is 14.3 Å². The van der Waals surface area contributed by atoms with Crippen LogP contribution in [0, 0.1) is 5.41 Å². The number of carbonyl (C=O) groups is 3. The normalized spacial score (nSPS) is 23.5. The largest absolute Gasteiger partial charge is 0.353 e. The highest BCUT2D eigenvalue weighted by Crippen LogP contribution is 2.39. The van der Waals surface area contributed by atoms with Crippen molar-refractivity contribution in [1.29, 1.82) is 0 Å². The molecule has 1 aromatic carbocycles. The Hall–Kier alpha value is -2.41. The van der Waals surface area contributed by atoms with Crippen molar-refractivity contribution in [3.63, 3.8) is 0 Å². The van der Waals surface area contributed by atoms with E-state index in [9.17, 15) is 14.4 Å². The molecule has 162 valence electrons. The SMILES string of the molecule is CC(C)(C)C(=O)N1CCC2(CC1)OC[C@@H](C(=O)NC1CC1)N2C(=O)c1ccccc1. The highest BCUT2D eigenvalue weighted by molar-refractivity contribution is 5.98. The van der Waals surface area contributed by atoms with E-state index < -0.39 is 17.2 Å². The summed E-state index contributed by atoms with van der Waals surface area (Å²) in [5.41, 5.74) is -0.764. The van der Waals surface area contributed by atoms with E-state index in [1.54, 1.807) is 17.0 Å². The molecule has 4 rings (SSSR count). The number of nitrogens with one attached hydrogen (secondary N) is 1. The summed E-state index contributed by atoms with van der Waals surface area (Å²) >= 11 is 0. The number of nitrogens with zero attached hydrogens (tertiary/aromatic N) is 2. The monoisotopic (exact) mass is 413 g/mol. The Bertz CT molecular complexity index is 821. The zero-order valence-electron chi connectivity index (χ0n) is 18.0. The van der Waals surface area contributed by atoms with Gasteiger partial charge in [0.05, 0.1) is 6.61 Å². The molecule has 7 nitrogen and oxygen atoms in total. The van der Waals surface area contributed by atoms with E-state index in [-0.39, 0.29) is 30.4 Å². The molecule has 3 fully saturated rings. The Balaban J connectivity index is 1.57. The molecule has 0 radical (unpaired) electrons. The number of hydrogen-bond acceptors (Lipinski definition) is 4. The molecule has 1 spiro atoms. The summed E-state index contributed by atoms with van der Waals surface area (Å²) in [5.74, 6) is -0.245. The number of ether oxygens (including phenoxy) is 1. The molecule has 3 amide bonds. The van der Waals surface area contributed by atoms with Crippen molar-refractivity contribution in [2.24, 2.45) is 5.41 Å². The second-order valence-corrected chi connectivity index (χ2v) is 9.64. The predicted octanol–water partition coefficient (Wildman–Crippen LogP) is 2.17. The Kier molecular flexibility index (Phi) is 5.34. The number of amides is 3. The molecule has 1 N–H and O–H groups in total. The zero-order valence-corrected chi connectivity index (χ0v) is 18.0. The number of hydrogen-bond donors (Lipinski definition) is 1. The molecular weight excluding hydrogens is 382 g/mol. The van der Waals surface area contributed by atoms with Gasteiger partial charge in [-0.2, -0.15) is 0 Å². The standard InChI is InChI=1S/C23H31N3O4/c1-22(2,3)21(29)25-13-11-23(12-14-25)26(20(28)16-7-5-4-6-8-16)18(15-30-23)19(27)24-17-9-10-17/h4-8,17-18H,9-15H2,1-3H3,(H,24,27)/t18-/m0/s1. The lowest BCUT2D eigenvalue weighted by Crippen LogP contribution is -2.60. The van der Waals surface area contributed by atoms with Gasteiger partial charge in [-0.1, -0.05) is 39.0 Å². The minimum atomic E-state index is -0.854. The third-order valence-corrected chi connectivity index (χ3v) is 6.20. The van der Waals surface area contributed by atoms with E-state index in [1.807, 2.05) is 43.9 Å². The average molecular weight is 414 g/mol. The van der Waals surface area contributed by atoms with Crippen LogP contribution in [0.5, 0.6) is 0 Å². The number of rotatable bonds is 3. The molecule has 1 aromatic rings. The lowest BCUT2D eigenvalue weighted by Gasteiger charge is -2.45. The predicted molar refractivity (Wildman–Crippen MR) is 112 cm³/mol. The number of piperidine rings is 1. The van der Waals surface area contributed by atoms with Crippen molar-refractivity contribution in [1.82, 2.24) is 15.1 Å². The first-order valence-corrected chi connectivity index (χ1v) is 10.8. The van der Waals surface area contributed by atoms with Gasteiger partial charge in [0.2, 0.25) is 11.8 Å². The fourth-order valence-corrected chi connectivity index (χ4v) is 4.35. The van der Waals surface area contributed by atoms with Crippen molar-refractivity contribution >= 4 is 17.7 Å². The molecule has 2 aliphatic heterocycles. The first-order chi connectivity index (χ1) is 14.2. The number of likely N-dealkylation sites (tertiary alicyclic amines) is 1. The summed E-state index contributed by atoms with van der Waals surface area (Å²) in [7, 11) is 0. The van der Waals surface area contributed by atoms with Gasteiger partial charge < -0.3 is 15.0 Å². The zero-order chi connectivity index (χ0) is 21.5. The van der Waals surface area contributed by atoms with Crippen LogP contribution in [0.25, 0.3) is 0 Å². The van der Waals surface area contributed by atoms with Gasteiger partial charge in [-0.3, -0.25) is 19.3 Å². The molecule has 0 bridgehead atoms. The molecule has 3 aliphatic rings. The lowest BCUT2D eigenvalue weighted by atomic mass is 9.91. The Labute approximate surface area is 177 Å². The minimum absolute atomic E-state index is 0.0966. The summed E-state index contributed by atoms with van der Waals surface area (Å²) in [5, 5.41) is 3.02. The summed E-state index contributed by atoms with van der Waals surface area (Å²) in [4.78, 5) is 42.6. The van der Waals surface area contributed by atoms with Crippen molar-refractivity contribution in [2.75, 3.05) is 19.7 Å². The fourth-order valence-electron chi connectivity index (χ4n) is 4.35. The first-order valence-electron chi connectivity index (χ1n) is 10.8. The van der Waals surface area contributed by atoms with Crippen LogP contribution < -0.4 is 5.32 Å². The molecular formula is C23H31N3O4. The lowest BCUT2D eigenvalue weighted by molar-refractivity contribution is -0.150. The molecule has 7 heteroatoms. The number of benzene rings is 1. The van der Waals surface area contributed by atoms with Crippen molar-refractivity contribution in [2.45, 2.75) is 64.3 Å². The molecule has 1 atom stereocenters. The van der Waals surface area contributed by atoms with Gasteiger partial charge in [-0.25, -0.2) is 0 Å². The molecule has 0 aromatic heterocycles. The van der Waals surface area contributed by atoms with Gasteiger partial charge in [0.25, 0.3) is 5.91 Å². The molecule has 2 saturated heterocycles. The van der Waals surface area contributed by atoms with E-state index in [1.165, 1.54) is 0 Å². The Morgan fingerprint density at radius 2 is 1.70 bits per heavy atom. The second kappa shape index (κ2) is 7.69. The van der Waals surface area contributed by atoms with Crippen LogP contribution in [0.2, 0.25) is 0 Å². The maximum Gasteiger partial charge on any atom is 0.256 e. The van der Waals surface area contributed by atoms with Gasteiger partial charge in [-0.15, -0.1) is 0 Å². The van der Waals surface area contributed by atoms with Crippen LogP contribution in [0.1, 0.15) is 56.8 Å². The molecule has 1 aliphatic carbocycles. The minimum Gasteiger partial charge on any atom is -0.353 e. The molecule has 1 saturated carbocycles. The molecule has 0 unspecified atom stereocenters. The van der Waals surface area contributed by atoms with Gasteiger partial charge in [0.15, 0.2) is 0 Å². The van der Waals surface area contributed by atoms with Crippen molar-refractivity contribution in [3.05, 3.63) is 35.9 Å². The van der Waals surface area contributed by atoms with E-state index >= 15 is 0 Å². The van der Waals surface area contributed by atoms with Gasteiger partial charge in [0.1, 0.15) is 11.8 Å². The fraction of sp³-hybridized carbons (Fsp3) is 0.609. The first kappa shape index (κ1) is 20.8. The summed E-state index contributed by atoms with van der Waals surface area (Å²) in [6.07, 6.45) is 2.98. The third-order valence-electron chi connectivity index (χ3n) is 6.20. The van der Waals surface area contributed by atoms with Gasteiger partial charge in [0, 0.05) is 43.0 Å². The van der Waals surface area contributed by atoms with E-state index in [0.717, 1.165) is 12.8 Å². The van der Waals surface area contributed by atoms with Crippen LogP contribution in [0.15, 0.2) is 30.3 Å². The Morgan fingerprint density at radius 3 is 2.27 bits per heavy atom. The van der Waals surface area contributed by atoms with Gasteiger partial charge >= 0.3 is 0 Å². The van der Waals surface area contributed by atoms with Crippen molar-refractivity contribution < 1.29 is 19.1 Å². The topological polar surface area (TPSA) is 79.0 Å². The van der Waals surface area contributed by atoms with Crippen LogP contribution in [-0.4, -0.2) is 65.0 Å². The van der Waals surface area contributed by atoms with E-state index in [4.69, 9.17) is 4.74 Å². The Morgan fingerprint density at radius 1 is 1.07 bits per heavy atom. The van der Waals surface area contributed by atoms with Crippen LogP contribution >= 0.6 is 0 Å². The van der Waals surface area contributed by atoms with E-state index in [2.05, 4.69) is 5.32 Å². The summed E-state index contributed by atoms with van der Waals surface area (Å²) in [6.45, 7) is 6.93. The van der Waals surface area contributed by atoms with Gasteiger partial charge in [-0.05, 0) is 25.0 Å². The average Bonchev–Trinajstić information content (AvgIpc) is 3.47. The molecule has 30 heavy (non-hydrogen) atoms. The smallest absolute Gasteiger partial charge is 0.256 e. The molecule has 2 heterocycles. The van der Waals surface area contributed by atoms with Crippen LogP contribution in [0.4, 0.5) is 0 Å². The maximum atomic E-state index is 13.5. The summed E-state index contributed by atoms with van der Waals surface area (Å²) < 4.78 is 6.19. The van der Waals surface area contributed by atoms with Crippen LogP contribution in [0.3, 0.4) is 0 Å². The highest BCUT2D eigenvalue weighted by Gasteiger charge is 2.54.